The highest BCUT2D eigenvalue weighted by Gasteiger charge is 2.18. The molecule has 0 saturated carbocycles. The van der Waals surface area contributed by atoms with Crippen LogP contribution in [0.4, 0.5) is 17.1 Å². The van der Waals surface area contributed by atoms with E-state index in [4.69, 9.17) is 23.2 Å². The van der Waals surface area contributed by atoms with Crippen molar-refractivity contribution < 1.29 is 21.6 Å². The number of anilines is 3. The number of rotatable bonds is 8. The summed E-state index contributed by atoms with van der Waals surface area (Å²) < 4.78 is 55.1. The zero-order valence-electron chi connectivity index (χ0n) is 18.9. The van der Waals surface area contributed by atoms with E-state index in [0.29, 0.717) is 5.69 Å². The molecule has 12 heteroatoms. The highest BCUT2D eigenvalue weighted by Crippen LogP contribution is 2.26. The largest absolute Gasteiger partial charge is 0.322 e. The van der Waals surface area contributed by atoms with E-state index in [9.17, 15) is 21.6 Å². The van der Waals surface area contributed by atoms with Crippen LogP contribution in [0.1, 0.15) is 10.4 Å². The molecule has 4 aromatic carbocycles. The maximum Gasteiger partial charge on any atom is 0.261 e. The Hall–Kier alpha value is -3.57. The summed E-state index contributed by atoms with van der Waals surface area (Å²) in [5.74, 6) is -0.563. The van der Waals surface area contributed by atoms with Crippen molar-refractivity contribution in [3.63, 3.8) is 0 Å². The average Bonchev–Trinajstić information content (AvgIpc) is 2.86. The second kappa shape index (κ2) is 10.8. The molecule has 0 radical (unpaired) electrons. The molecular weight excluding hydrogens is 557 g/mol. The van der Waals surface area contributed by atoms with Crippen molar-refractivity contribution in [3.8, 4) is 0 Å². The summed E-state index contributed by atoms with van der Waals surface area (Å²) in [6.45, 7) is 0. The van der Waals surface area contributed by atoms with Gasteiger partial charge in [-0.15, -0.1) is 0 Å². The first kappa shape index (κ1) is 26.5. The summed E-state index contributed by atoms with van der Waals surface area (Å²) in [6.07, 6.45) is 0. The zero-order valence-corrected chi connectivity index (χ0v) is 22.0. The number of hydrogen-bond donors (Lipinski definition) is 3. The van der Waals surface area contributed by atoms with Gasteiger partial charge in [-0.3, -0.25) is 14.2 Å². The second-order valence-electron chi connectivity index (χ2n) is 7.68. The number of hydrogen-bond acceptors (Lipinski definition) is 5. The van der Waals surface area contributed by atoms with E-state index < -0.39 is 26.0 Å². The number of para-hydroxylation sites is 1. The number of sulfonamides is 2. The molecule has 0 aliphatic heterocycles. The first-order valence-electron chi connectivity index (χ1n) is 10.6. The molecule has 0 saturated heterocycles. The Kier molecular flexibility index (Phi) is 7.74. The molecule has 0 spiro atoms. The smallest absolute Gasteiger partial charge is 0.261 e. The van der Waals surface area contributed by atoms with Crippen molar-refractivity contribution in [1.29, 1.82) is 0 Å². The van der Waals surface area contributed by atoms with Crippen LogP contribution in [-0.2, 0) is 20.0 Å². The minimum absolute atomic E-state index is 0.0221. The van der Waals surface area contributed by atoms with Gasteiger partial charge in [-0.1, -0.05) is 53.5 Å². The highest BCUT2D eigenvalue weighted by atomic mass is 35.5. The van der Waals surface area contributed by atoms with Gasteiger partial charge in [0.2, 0.25) is 0 Å². The molecule has 0 aliphatic rings. The van der Waals surface area contributed by atoms with Crippen molar-refractivity contribution in [2.45, 2.75) is 9.79 Å². The maximum atomic E-state index is 12.7. The maximum absolute atomic E-state index is 12.7. The average molecular weight is 576 g/mol. The van der Waals surface area contributed by atoms with Gasteiger partial charge in [0, 0.05) is 5.69 Å². The Labute approximate surface area is 224 Å². The Morgan fingerprint density at radius 2 is 1.16 bits per heavy atom. The molecule has 0 fully saturated rings. The molecule has 37 heavy (non-hydrogen) atoms. The number of carbonyl (C=O) groups is 1. The Morgan fingerprint density at radius 1 is 0.595 bits per heavy atom. The van der Waals surface area contributed by atoms with Crippen molar-refractivity contribution in [2.24, 2.45) is 0 Å². The Balaban J connectivity index is 1.45. The predicted octanol–water partition coefficient (Wildman–Crippen LogP) is 5.85. The predicted molar refractivity (Wildman–Crippen MR) is 145 cm³/mol. The van der Waals surface area contributed by atoms with E-state index in [1.807, 2.05) is 0 Å². The third-order valence-electron chi connectivity index (χ3n) is 5.06. The highest BCUT2D eigenvalue weighted by molar-refractivity contribution is 7.93. The number of benzene rings is 4. The number of halogens is 2. The molecule has 0 aliphatic carbocycles. The lowest BCUT2D eigenvalue weighted by molar-refractivity contribution is 0.102. The Bertz CT molecular complexity index is 1660. The van der Waals surface area contributed by atoms with Gasteiger partial charge in [0.1, 0.15) is 0 Å². The van der Waals surface area contributed by atoms with Crippen LogP contribution in [-0.4, -0.2) is 22.7 Å². The lowest BCUT2D eigenvalue weighted by Crippen LogP contribution is -2.15. The van der Waals surface area contributed by atoms with Crippen LogP contribution in [0.15, 0.2) is 107 Å². The van der Waals surface area contributed by atoms with E-state index in [1.165, 1.54) is 60.7 Å². The van der Waals surface area contributed by atoms with Crippen LogP contribution < -0.4 is 14.8 Å². The van der Waals surface area contributed by atoms with E-state index in [2.05, 4.69) is 14.8 Å². The summed E-state index contributed by atoms with van der Waals surface area (Å²) in [5, 5.41) is 2.91. The van der Waals surface area contributed by atoms with Crippen LogP contribution in [0.3, 0.4) is 0 Å². The molecular formula is C25H19Cl2N3O5S2. The first-order valence-corrected chi connectivity index (χ1v) is 14.3. The number of amides is 1. The van der Waals surface area contributed by atoms with E-state index in [0.717, 1.165) is 0 Å². The summed E-state index contributed by atoms with van der Waals surface area (Å²) in [6, 6.07) is 23.9. The fourth-order valence-corrected chi connectivity index (χ4v) is 5.90. The Morgan fingerprint density at radius 3 is 1.81 bits per heavy atom. The zero-order chi connectivity index (χ0) is 26.6. The molecule has 0 aromatic heterocycles. The van der Waals surface area contributed by atoms with Gasteiger partial charge in [-0.25, -0.2) is 16.8 Å². The molecule has 190 valence electrons. The van der Waals surface area contributed by atoms with Gasteiger partial charge in [-0.2, -0.15) is 0 Å². The molecule has 0 atom stereocenters. The van der Waals surface area contributed by atoms with Crippen LogP contribution in [0.5, 0.6) is 0 Å². The molecule has 0 bridgehead atoms. The third-order valence-corrected chi connectivity index (χ3v) is 8.48. The summed E-state index contributed by atoms with van der Waals surface area (Å²) in [5.41, 5.74) is 0.852. The topological polar surface area (TPSA) is 121 Å². The number of nitrogens with one attached hydrogen (secondary N) is 3. The number of carbonyl (C=O) groups excluding carboxylic acids is 1. The van der Waals surface area contributed by atoms with Crippen LogP contribution in [0.25, 0.3) is 0 Å². The van der Waals surface area contributed by atoms with Gasteiger partial charge >= 0.3 is 0 Å². The molecule has 0 unspecified atom stereocenters. The lowest BCUT2D eigenvalue weighted by Gasteiger charge is -2.12. The standard InChI is InChI=1S/C25H19Cl2N3O5S2/c26-22-8-4-5-9-24(22)30-37(34,35)20-13-10-17(11-14-20)28-25(31)21-15-12-18(16-23(21)27)29-36(32,33)19-6-2-1-3-7-19/h1-16,29-30H,(H,28,31). The minimum Gasteiger partial charge on any atom is -0.322 e. The molecule has 0 heterocycles. The van der Waals surface area contributed by atoms with Gasteiger partial charge in [0.25, 0.3) is 26.0 Å². The molecule has 4 rings (SSSR count). The fourth-order valence-electron chi connectivity index (χ4n) is 3.24. The van der Waals surface area contributed by atoms with Crippen molar-refractivity contribution in [2.75, 3.05) is 14.8 Å². The van der Waals surface area contributed by atoms with E-state index in [-0.39, 0.29) is 36.8 Å². The SMILES string of the molecule is O=C(Nc1ccc(S(=O)(=O)Nc2ccccc2Cl)cc1)c1ccc(NS(=O)(=O)c2ccccc2)cc1Cl. The summed E-state index contributed by atoms with van der Waals surface area (Å²) in [4.78, 5) is 12.8. The summed E-state index contributed by atoms with van der Waals surface area (Å²) in [7, 11) is -7.73. The van der Waals surface area contributed by atoms with E-state index in [1.54, 1.807) is 36.4 Å². The van der Waals surface area contributed by atoms with E-state index >= 15 is 0 Å². The summed E-state index contributed by atoms with van der Waals surface area (Å²) >= 11 is 12.3. The molecule has 3 N–H and O–H groups in total. The van der Waals surface area contributed by atoms with Crippen molar-refractivity contribution in [3.05, 3.63) is 113 Å². The van der Waals surface area contributed by atoms with Crippen molar-refractivity contribution in [1.82, 2.24) is 0 Å². The van der Waals surface area contributed by atoms with Gasteiger partial charge in [0.15, 0.2) is 0 Å². The molecule has 1 amide bonds. The molecule has 8 nitrogen and oxygen atoms in total. The lowest BCUT2D eigenvalue weighted by atomic mass is 10.2. The normalized spacial score (nSPS) is 11.5. The van der Waals surface area contributed by atoms with Crippen LogP contribution in [0, 0.1) is 0 Å². The van der Waals surface area contributed by atoms with Gasteiger partial charge in [-0.05, 0) is 66.7 Å². The monoisotopic (exact) mass is 575 g/mol. The fraction of sp³-hybridized carbons (Fsp3) is 0. The second-order valence-corrected chi connectivity index (χ2v) is 11.9. The minimum atomic E-state index is -3.90. The third kappa shape index (κ3) is 6.41. The molecule has 4 aromatic rings. The van der Waals surface area contributed by atoms with Gasteiger partial charge < -0.3 is 5.32 Å². The van der Waals surface area contributed by atoms with Crippen LogP contribution in [0.2, 0.25) is 10.0 Å². The van der Waals surface area contributed by atoms with Crippen molar-refractivity contribution >= 4 is 66.2 Å². The first-order chi connectivity index (χ1) is 17.5. The van der Waals surface area contributed by atoms with Crippen LogP contribution >= 0.6 is 23.2 Å². The van der Waals surface area contributed by atoms with Gasteiger partial charge in [0.05, 0.1) is 36.8 Å². The quantitative estimate of drug-likeness (QED) is 0.243.